The second-order valence-corrected chi connectivity index (χ2v) is 6.18. The van der Waals surface area contributed by atoms with Crippen molar-refractivity contribution in [2.75, 3.05) is 5.32 Å². The van der Waals surface area contributed by atoms with Crippen molar-refractivity contribution in [3.8, 4) is 5.75 Å². The van der Waals surface area contributed by atoms with Crippen molar-refractivity contribution < 1.29 is 9.90 Å². The van der Waals surface area contributed by atoms with Gasteiger partial charge in [-0.2, -0.15) is 0 Å². The van der Waals surface area contributed by atoms with Gasteiger partial charge in [0.1, 0.15) is 11.4 Å². The molecule has 2 aromatic carbocycles. The van der Waals surface area contributed by atoms with Crippen LogP contribution in [-0.4, -0.2) is 16.0 Å². The van der Waals surface area contributed by atoms with Crippen molar-refractivity contribution in [1.29, 1.82) is 0 Å². The number of aromatic hydroxyl groups is 1. The molecule has 2 N–H and O–H groups in total. The zero-order valence-electron chi connectivity index (χ0n) is 12.6. The number of nitrogens with one attached hydrogen (secondary N) is 1. The quantitative estimate of drug-likeness (QED) is 0.713. The Hall–Kier alpha value is -2.66. The lowest BCUT2D eigenvalue weighted by Crippen LogP contribution is -2.13. The normalized spacial score (nSPS) is 10.5. The number of phenols is 1. The molecule has 116 valence electrons. The van der Waals surface area contributed by atoms with Crippen LogP contribution in [0.25, 0.3) is 0 Å². The highest BCUT2D eigenvalue weighted by Crippen LogP contribution is 2.21. The fourth-order valence-corrected chi connectivity index (χ4v) is 3.05. The van der Waals surface area contributed by atoms with Gasteiger partial charge in [0, 0.05) is 17.5 Å². The first kappa shape index (κ1) is 15.2. The number of hydrogen-bond acceptors (Lipinski definition) is 4. The number of thiazole rings is 1. The Morgan fingerprint density at radius 1 is 1.22 bits per heavy atom. The molecule has 4 nitrogen and oxygen atoms in total. The number of aromatic nitrogens is 1. The average molecular weight is 324 g/mol. The van der Waals surface area contributed by atoms with Gasteiger partial charge in [0.05, 0.1) is 5.01 Å². The molecule has 0 aliphatic rings. The minimum atomic E-state index is -0.241. The van der Waals surface area contributed by atoms with E-state index in [0.717, 1.165) is 17.0 Å². The van der Waals surface area contributed by atoms with E-state index in [1.807, 2.05) is 37.3 Å². The van der Waals surface area contributed by atoms with E-state index in [1.54, 1.807) is 23.6 Å². The molecule has 0 fully saturated rings. The number of nitrogens with zero attached hydrogens (tertiary/aromatic N) is 1. The third kappa shape index (κ3) is 3.76. The number of rotatable bonds is 4. The summed E-state index contributed by atoms with van der Waals surface area (Å²) in [6, 6.07) is 14.9. The van der Waals surface area contributed by atoms with E-state index >= 15 is 0 Å². The molecule has 0 saturated heterocycles. The summed E-state index contributed by atoms with van der Waals surface area (Å²) in [5.41, 5.74) is 3.06. The Balaban J connectivity index is 1.71. The zero-order chi connectivity index (χ0) is 16.2. The van der Waals surface area contributed by atoms with Crippen LogP contribution in [0.1, 0.15) is 26.6 Å². The highest BCUT2D eigenvalue weighted by molar-refractivity contribution is 7.09. The lowest BCUT2D eigenvalue weighted by atomic mass is 10.2. The van der Waals surface area contributed by atoms with Crippen molar-refractivity contribution in [3.05, 3.63) is 75.7 Å². The lowest BCUT2D eigenvalue weighted by molar-refractivity contribution is 0.102. The SMILES string of the molecule is Cc1cc(O)ccc1NC(=O)c1csc(Cc2ccccc2)n1. The number of phenolic OH excluding ortho intramolecular Hbond substituents is 1. The van der Waals surface area contributed by atoms with E-state index in [2.05, 4.69) is 10.3 Å². The predicted molar refractivity (Wildman–Crippen MR) is 92.2 cm³/mol. The van der Waals surface area contributed by atoms with Gasteiger partial charge in [0.2, 0.25) is 0 Å². The fraction of sp³-hybridized carbons (Fsp3) is 0.111. The van der Waals surface area contributed by atoms with Gasteiger partial charge < -0.3 is 10.4 Å². The van der Waals surface area contributed by atoms with Crippen LogP contribution < -0.4 is 5.32 Å². The molecule has 0 spiro atoms. The Morgan fingerprint density at radius 3 is 2.74 bits per heavy atom. The number of carbonyl (C=O) groups is 1. The minimum Gasteiger partial charge on any atom is -0.508 e. The van der Waals surface area contributed by atoms with Gasteiger partial charge in [-0.25, -0.2) is 4.98 Å². The molecule has 1 heterocycles. The van der Waals surface area contributed by atoms with Crippen LogP contribution in [0.3, 0.4) is 0 Å². The first-order valence-electron chi connectivity index (χ1n) is 7.21. The molecule has 0 atom stereocenters. The van der Waals surface area contributed by atoms with Crippen LogP contribution in [-0.2, 0) is 6.42 Å². The Bertz CT molecular complexity index is 828. The second kappa shape index (κ2) is 6.62. The number of anilines is 1. The van der Waals surface area contributed by atoms with Crippen LogP contribution in [0, 0.1) is 6.92 Å². The summed E-state index contributed by atoms with van der Waals surface area (Å²) in [6.07, 6.45) is 0.719. The van der Waals surface area contributed by atoms with E-state index in [9.17, 15) is 9.90 Å². The molecule has 3 rings (SSSR count). The second-order valence-electron chi connectivity index (χ2n) is 5.24. The molecule has 1 amide bonds. The van der Waals surface area contributed by atoms with E-state index in [1.165, 1.54) is 16.9 Å². The molecule has 0 bridgehead atoms. The van der Waals surface area contributed by atoms with Gasteiger partial charge >= 0.3 is 0 Å². The standard InChI is InChI=1S/C18H16N2O2S/c1-12-9-14(21)7-8-15(12)20-18(22)16-11-23-17(19-16)10-13-5-3-2-4-6-13/h2-9,11,21H,10H2,1H3,(H,20,22). The summed E-state index contributed by atoms with van der Waals surface area (Å²) >= 11 is 1.48. The van der Waals surface area contributed by atoms with Crippen molar-refractivity contribution in [3.63, 3.8) is 0 Å². The molecule has 3 aromatic rings. The number of aryl methyl sites for hydroxylation is 1. The topological polar surface area (TPSA) is 62.2 Å². The maximum atomic E-state index is 12.3. The summed E-state index contributed by atoms with van der Waals surface area (Å²) in [7, 11) is 0. The van der Waals surface area contributed by atoms with Crippen LogP contribution in [0.5, 0.6) is 5.75 Å². The van der Waals surface area contributed by atoms with Crippen LogP contribution in [0.4, 0.5) is 5.69 Å². The molecule has 5 heteroatoms. The van der Waals surface area contributed by atoms with Gasteiger partial charge in [0.15, 0.2) is 0 Å². The molecule has 0 aliphatic carbocycles. The molecule has 0 saturated carbocycles. The molecule has 1 aromatic heterocycles. The number of hydrogen-bond donors (Lipinski definition) is 2. The fourth-order valence-electron chi connectivity index (χ4n) is 2.24. The largest absolute Gasteiger partial charge is 0.508 e. The minimum absolute atomic E-state index is 0.180. The van der Waals surface area contributed by atoms with Crippen molar-refractivity contribution in [1.82, 2.24) is 4.98 Å². The first-order chi connectivity index (χ1) is 11.1. The van der Waals surface area contributed by atoms with E-state index < -0.39 is 0 Å². The van der Waals surface area contributed by atoms with Gasteiger partial charge in [-0.3, -0.25) is 4.79 Å². The summed E-state index contributed by atoms with van der Waals surface area (Å²) in [4.78, 5) is 16.7. The summed E-state index contributed by atoms with van der Waals surface area (Å²) < 4.78 is 0. The van der Waals surface area contributed by atoms with Crippen LogP contribution in [0.15, 0.2) is 53.9 Å². The molecule has 0 radical (unpaired) electrons. The van der Waals surface area contributed by atoms with Crippen LogP contribution >= 0.6 is 11.3 Å². The van der Waals surface area contributed by atoms with Crippen molar-refractivity contribution in [2.24, 2.45) is 0 Å². The van der Waals surface area contributed by atoms with Crippen molar-refractivity contribution in [2.45, 2.75) is 13.3 Å². The van der Waals surface area contributed by atoms with E-state index in [-0.39, 0.29) is 11.7 Å². The van der Waals surface area contributed by atoms with Crippen molar-refractivity contribution >= 4 is 22.9 Å². The third-order valence-electron chi connectivity index (χ3n) is 3.44. The zero-order valence-corrected chi connectivity index (χ0v) is 13.4. The van der Waals surface area contributed by atoms with E-state index in [4.69, 9.17) is 0 Å². The van der Waals surface area contributed by atoms with Gasteiger partial charge in [-0.1, -0.05) is 30.3 Å². The first-order valence-corrected chi connectivity index (χ1v) is 8.09. The summed E-state index contributed by atoms with van der Waals surface area (Å²) in [5, 5.41) is 14.9. The Labute approximate surface area is 138 Å². The average Bonchev–Trinajstić information content (AvgIpc) is 3.00. The summed E-state index contributed by atoms with van der Waals surface area (Å²) in [6.45, 7) is 1.83. The van der Waals surface area contributed by atoms with E-state index in [0.29, 0.717) is 11.4 Å². The van der Waals surface area contributed by atoms with Gasteiger partial charge in [-0.05, 0) is 36.2 Å². The number of carbonyl (C=O) groups excluding carboxylic acids is 1. The Morgan fingerprint density at radius 2 is 2.00 bits per heavy atom. The maximum absolute atomic E-state index is 12.3. The highest BCUT2D eigenvalue weighted by atomic mass is 32.1. The van der Waals surface area contributed by atoms with Gasteiger partial charge in [0.25, 0.3) is 5.91 Å². The smallest absolute Gasteiger partial charge is 0.275 e. The lowest BCUT2D eigenvalue weighted by Gasteiger charge is -2.07. The Kier molecular flexibility index (Phi) is 4.39. The highest BCUT2D eigenvalue weighted by Gasteiger charge is 2.12. The van der Waals surface area contributed by atoms with Gasteiger partial charge in [-0.15, -0.1) is 11.3 Å². The molecule has 23 heavy (non-hydrogen) atoms. The molecular formula is C18H16N2O2S. The number of benzene rings is 2. The maximum Gasteiger partial charge on any atom is 0.275 e. The third-order valence-corrected chi connectivity index (χ3v) is 4.29. The monoisotopic (exact) mass is 324 g/mol. The van der Waals surface area contributed by atoms with Crippen LogP contribution in [0.2, 0.25) is 0 Å². The predicted octanol–water partition coefficient (Wildman–Crippen LogP) is 4.00. The summed E-state index contributed by atoms with van der Waals surface area (Å²) in [5.74, 6) is -0.0614. The molecular weight excluding hydrogens is 308 g/mol. The molecule has 0 aliphatic heterocycles. The number of amides is 1. The molecule has 0 unspecified atom stereocenters.